The summed E-state index contributed by atoms with van der Waals surface area (Å²) in [5.74, 6) is 0.904. The highest BCUT2D eigenvalue weighted by Gasteiger charge is 2.52. The van der Waals surface area contributed by atoms with Crippen LogP contribution in [0, 0.1) is 17.7 Å². The Balaban J connectivity index is 1.14. The minimum absolute atomic E-state index is 0.0501. The number of piperidine rings is 1. The Hall–Kier alpha value is -3.42. The van der Waals surface area contributed by atoms with E-state index in [9.17, 15) is 22.9 Å². The Morgan fingerprint density at radius 2 is 1.93 bits per heavy atom. The van der Waals surface area contributed by atoms with Crippen molar-refractivity contribution in [2.24, 2.45) is 5.92 Å². The summed E-state index contributed by atoms with van der Waals surface area (Å²) in [6.45, 7) is 2.61. The molecule has 3 atom stereocenters. The maximum atomic E-state index is 13.6. The number of sulfone groups is 1. The molecule has 0 aromatic heterocycles. The van der Waals surface area contributed by atoms with Gasteiger partial charge in [0.05, 0.1) is 16.3 Å². The van der Waals surface area contributed by atoms with Crippen LogP contribution < -0.4 is 25.6 Å². The Morgan fingerprint density at radius 1 is 1.17 bits per heavy atom. The predicted molar refractivity (Wildman–Crippen MR) is 160 cm³/mol. The van der Waals surface area contributed by atoms with Crippen molar-refractivity contribution in [3.8, 4) is 11.5 Å². The lowest BCUT2D eigenvalue weighted by Crippen LogP contribution is -2.62. The van der Waals surface area contributed by atoms with E-state index in [2.05, 4.69) is 16.0 Å². The first-order valence-corrected chi connectivity index (χ1v) is 17.0. The van der Waals surface area contributed by atoms with Crippen molar-refractivity contribution in [3.63, 3.8) is 0 Å². The van der Waals surface area contributed by atoms with Crippen LogP contribution in [-0.4, -0.2) is 73.7 Å². The first-order chi connectivity index (χ1) is 20.1. The third kappa shape index (κ3) is 5.77. The number of hydrogen-bond acceptors (Lipinski definition) is 8. The summed E-state index contributed by atoms with van der Waals surface area (Å²) in [5.41, 5.74) is 2.37. The molecule has 3 N–H and O–H groups in total. The molecule has 2 aromatic carbocycles. The van der Waals surface area contributed by atoms with Gasteiger partial charge in [0.2, 0.25) is 12.6 Å². The average molecular weight is 613 g/mol. The maximum absolute atomic E-state index is 13.6. The van der Waals surface area contributed by atoms with Gasteiger partial charge in [-0.2, -0.15) is 0 Å². The largest absolute Gasteiger partial charge is 0.457 e. The number of carbonyl (C=O) groups excluding carboxylic acids is 2. The van der Waals surface area contributed by atoms with Crippen molar-refractivity contribution in [2.45, 2.75) is 49.7 Å². The number of thioether (sulfide) groups is 1. The van der Waals surface area contributed by atoms with Crippen LogP contribution in [0.2, 0.25) is 0 Å². The molecule has 6 rings (SSSR count). The molecular formula is C29H34N5O6S2+. The third-order valence-electron chi connectivity index (χ3n) is 8.29. The summed E-state index contributed by atoms with van der Waals surface area (Å²) in [4.78, 5) is 41.5. The molecule has 11 nitrogen and oxygen atoms in total. The quantitative estimate of drug-likeness (QED) is 0.368. The average Bonchev–Trinajstić information content (AvgIpc) is 3.29. The van der Waals surface area contributed by atoms with Crippen molar-refractivity contribution in [1.82, 2.24) is 16.0 Å². The molecule has 3 heterocycles. The van der Waals surface area contributed by atoms with E-state index in [1.54, 1.807) is 0 Å². The fraction of sp³-hybridized carbons (Fsp3) is 0.448. The van der Waals surface area contributed by atoms with E-state index in [4.69, 9.17) is 4.74 Å². The van der Waals surface area contributed by atoms with Crippen LogP contribution in [0.1, 0.15) is 24.8 Å². The van der Waals surface area contributed by atoms with Gasteiger partial charge in [-0.05, 0) is 55.8 Å². The number of anilines is 1. The SMILES string of the molecule is Cc1cc(Oc2ccccc2)ccc1N1C(=O)NC2=C(C(=O)NC3CC([N+](=O)CCS(C)(=O)=O)C3)SC3NCCC1C23. The summed E-state index contributed by atoms with van der Waals surface area (Å²) < 4.78 is 29.5. The molecule has 222 valence electrons. The number of amides is 3. The second kappa shape index (κ2) is 11.3. The van der Waals surface area contributed by atoms with Crippen LogP contribution in [-0.2, 0) is 14.6 Å². The van der Waals surface area contributed by atoms with Crippen molar-refractivity contribution in [3.05, 3.63) is 69.6 Å². The van der Waals surface area contributed by atoms with E-state index < -0.39 is 9.84 Å². The Bertz CT molecular complexity index is 1560. The molecule has 3 amide bonds. The second-order valence-corrected chi connectivity index (χ2v) is 14.8. The van der Waals surface area contributed by atoms with Gasteiger partial charge < -0.3 is 20.7 Å². The fourth-order valence-corrected chi connectivity index (χ4v) is 8.03. The van der Waals surface area contributed by atoms with Gasteiger partial charge >= 0.3 is 6.03 Å². The molecule has 1 aliphatic carbocycles. The van der Waals surface area contributed by atoms with Gasteiger partial charge in [0.15, 0.2) is 9.84 Å². The third-order valence-corrected chi connectivity index (χ3v) is 10.6. The molecular weight excluding hydrogens is 578 g/mol. The maximum Gasteiger partial charge on any atom is 0.326 e. The van der Waals surface area contributed by atoms with Crippen molar-refractivity contribution in [1.29, 1.82) is 0 Å². The molecule has 3 fully saturated rings. The molecule has 0 bridgehead atoms. The number of urea groups is 1. The molecule has 0 radical (unpaired) electrons. The lowest BCUT2D eigenvalue weighted by Gasteiger charge is -2.46. The van der Waals surface area contributed by atoms with Gasteiger partial charge in [-0.15, -0.1) is 0 Å². The smallest absolute Gasteiger partial charge is 0.326 e. The van der Waals surface area contributed by atoms with E-state index in [1.165, 1.54) is 11.8 Å². The first-order valence-electron chi connectivity index (χ1n) is 14.1. The number of rotatable bonds is 9. The number of para-hydroxylation sites is 1. The topological polar surface area (TPSA) is 137 Å². The molecule has 2 saturated heterocycles. The predicted octanol–water partition coefficient (Wildman–Crippen LogP) is 3.05. The number of nitrogens with one attached hydrogen (secondary N) is 3. The summed E-state index contributed by atoms with van der Waals surface area (Å²) in [6.07, 6.45) is 2.78. The van der Waals surface area contributed by atoms with E-state index >= 15 is 0 Å². The zero-order chi connectivity index (χ0) is 29.6. The highest BCUT2D eigenvalue weighted by molar-refractivity contribution is 8.04. The van der Waals surface area contributed by atoms with Crippen LogP contribution in [0.4, 0.5) is 10.5 Å². The number of aryl methyl sites for hydroxylation is 1. The van der Waals surface area contributed by atoms with Gasteiger partial charge in [-0.3, -0.25) is 9.69 Å². The molecule has 3 aliphatic heterocycles. The molecule has 0 spiro atoms. The molecule has 3 unspecified atom stereocenters. The van der Waals surface area contributed by atoms with Crippen molar-refractivity contribution < 1.29 is 27.5 Å². The number of carbonyl (C=O) groups is 2. The normalized spacial score (nSPS) is 26.7. The highest BCUT2D eigenvalue weighted by Crippen LogP contribution is 2.48. The van der Waals surface area contributed by atoms with E-state index in [0.717, 1.165) is 41.0 Å². The van der Waals surface area contributed by atoms with Gasteiger partial charge in [0.1, 0.15) is 17.3 Å². The summed E-state index contributed by atoms with van der Waals surface area (Å²) in [5, 5.41) is 9.51. The second-order valence-electron chi connectivity index (χ2n) is 11.3. The molecule has 13 heteroatoms. The minimum atomic E-state index is -3.21. The zero-order valence-electron chi connectivity index (χ0n) is 23.4. The highest BCUT2D eigenvalue weighted by atomic mass is 32.2. The first kappa shape index (κ1) is 28.7. The number of ether oxygens (including phenoxy) is 1. The summed E-state index contributed by atoms with van der Waals surface area (Å²) in [7, 11) is -3.21. The van der Waals surface area contributed by atoms with Gasteiger partial charge in [0, 0.05) is 52.1 Å². The van der Waals surface area contributed by atoms with Crippen LogP contribution >= 0.6 is 11.8 Å². The summed E-state index contributed by atoms with van der Waals surface area (Å²) >= 11 is 1.44. The van der Waals surface area contributed by atoms with Crippen LogP contribution in [0.25, 0.3) is 0 Å². The number of nitroso groups, excluding NO2 is 1. The number of nitrogens with zero attached hydrogens (tertiary/aromatic N) is 2. The Morgan fingerprint density at radius 3 is 2.64 bits per heavy atom. The Labute approximate surface area is 248 Å². The molecule has 42 heavy (non-hydrogen) atoms. The number of hydrogen-bond donors (Lipinski definition) is 3. The van der Waals surface area contributed by atoms with Crippen LogP contribution in [0.5, 0.6) is 11.5 Å². The lowest BCUT2D eigenvalue weighted by molar-refractivity contribution is -0.595. The molecule has 4 aliphatic rings. The standard InChI is InChI=1S/C29H33N5O6S2/c1-17-14-21(40-20-6-4-3-5-7-20)8-9-22(17)34-23-10-11-30-28-24(23)25(32-29(34)36)26(41-28)27(35)31-18-15-19(16-18)33(37)12-13-42(2,38)39/h3-9,14,18-19,23-24,28,30H,10-13,15-16H2,1-2H3,(H-,31,32,35,36)/p+1. The zero-order valence-corrected chi connectivity index (χ0v) is 25.0. The van der Waals surface area contributed by atoms with E-state index in [-0.39, 0.29) is 53.7 Å². The monoisotopic (exact) mass is 612 g/mol. The van der Waals surface area contributed by atoms with Crippen molar-refractivity contribution in [2.75, 3.05) is 30.0 Å². The molecule has 1 saturated carbocycles. The van der Waals surface area contributed by atoms with Gasteiger partial charge in [-0.25, -0.2) is 13.2 Å². The van der Waals surface area contributed by atoms with E-state index in [1.807, 2.05) is 60.4 Å². The number of benzene rings is 2. The van der Waals surface area contributed by atoms with Gasteiger partial charge in [0.25, 0.3) is 5.91 Å². The minimum Gasteiger partial charge on any atom is -0.457 e. The fourth-order valence-electron chi connectivity index (χ4n) is 6.12. The summed E-state index contributed by atoms with van der Waals surface area (Å²) in [6, 6.07) is 14.4. The van der Waals surface area contributed by atoms with Crippen LogP contribution in [0.15, 0.2) is 59.1 Å². The van der Waals surface area contributed by atoms with Gasteiger partial charge in [-0.1, -0.05) is 30.0 Å². The van der Waals surface area contributed by atoms with Crippen molar-refractivity contribution >= 4 is 39.2 Å². The van der Waals surface area contributed by atoms with E-state index in [0.29, 0.717) is 29.2 Å². The Kier molecular flexibility index (Phi) is 7.75. The lowest BCUT2D eigenvalue weighted by atomic mass is 9.85. The van der Waals surface area contributed by atoms with Crippen LogP contribution in [0.3, 0.4) is 0 Å². The molecule has 2 aromatic rings.